The monoisotopic (exact) mass is 501 g/mol. The molecule has 1 heterocycles. The third-order valence-electron chi connectivity index (χ3n) is 6.01. The molecule has 0 fully saturated rings. The third kappa shape index (κ3) is 7.44. The van der Waals surface area contributed by atoms with Crippen molar-refractivity contribution in [1.82, 2.24) is 0 Å². The van der Waals surface area contributed by atoms with E-state index in [-0.39, 0.29) is 0 Å². The summed E-state index contributed by atoms with van der Waals surface area (Å²) in [5.41, 5.74) is 6.12. The number of aliphatic hydroxyl groups excluding tert-OH is 1. The maximum absolute atomic E-state index is 7.88. The van der Waals surface area contributed by atoms with Crippen LogP contribution in [-0.2, 0) is 10.5 Å². The first-order chi connectivity index (χ1) is 16.7. The average Bonchev–Trinajstić information content (AvgIpc) is 2.86. The zero-order valence-corrected chi connectivity index (χ0v) is 24.9. The number of thiol groups is 1. The van der Waals surface area contributed by atoms with Gasteiger partial charge in [0.05, 0.1) is 13.4 Å². The fourth-order valence-electron chi connectivity index (χ4n) is 4.22. The van der Waals surface area contributed by atoms with E-state index in [9.17, 15) is 0 Å². The summed E-state index contributed by atoms with van der Waals surface area (Å²) < 4.78 is 7.13. The van der Waals surface area contributed by atoms with E-state index in [0.717, 1.165) is 36.3 Å². The summed E-state index contributed by atoms with van der Waals surface area (Å²) in [6, 6.07) is 6.82. The van der Waals surface area contributed by atoms with Crippen molar-refractivity contribution in [2.24, 2.45) is 10.9 Å². The minimum absolute atomic E-state index is 0.319. The molecule has 0 saturated carbocycles. The van der Waals surface area contributed by atoms with E-state index >= 15 is 0 Å². The molecule has 35 heavy (non-hydrogen) atoms. The molecule has 0 saturated heterocycles. The van der Waals surface area contributed by atoms with Crippen molar-refractivity contribution >= 4 is 21.9 Å². The van der Waals surface area contributed by atoms with Gasteiger partial charge in [-0.05, 0) is 63.3 Å². The molecule has 3 rings (SSSR count). The zero-order valence-electron chi connectivity index (χ0n) is 24.0. The van der Waals surface area contributed by atoms with Crippen molar-refractivity contribution in [3.63, 3.8) is 0 Å². The van der Waals surface area contributed by atoms with Crippen molar-refractivity contribution in [3.8, 4) is 5.75 Å². The highest BCUT2D eigenvalue weighted by molar-refractivity contribution is 7.88. The number of rotatable bonds is 7. The lowest BCUT2D eigenvalue weighted by atomic mass is 10.0. The summed E-state index contributed by atoms with van der Waals surface area (Å²) in [6.45, 7) is 21.4. The van der Waals surface area contributed by atoms with Gasteiger partial charge in [0.2, 0.25) is 0 Å². The lowest BCUT2D eigenvalue weighted by Gasteiger charge is -2.25. The van der Waals surface area contributed by atoms with Gasteiger partial charge in [0, 0.05) is 37.0 Å². The van der Waals surface area contributed by atoms with Gasteiger partial charge in [0.15, 0.2) is 0 Å². The zero-order chi connectivity index (χ0) is 26.7. The number of allylic oxidation sites excluding steroid dienone is 1. The van der Waals surface area contributed by atoms with Crippen LogP contribution in [0.2, 0.25) is 0 Å². The summed E-state index contributed by atoms with van der Waals surface area (Å²) in [7, 11) is 1.29. The summed E-state index contributed by atoms with van der Waals surface area (Å²) in [5.74, 6) is 1.63. The molecule has 0 aliphatic carbocycles. The predicted octanol–water partition coefficient (Wildman–Crippen LogP) is 6.63. The van der Waals surface area contributed by atoms with Crippen LogP contribution >= 0.6 is 0 Å². The second-order valence-electron chi connectivity index (χ2n) is 9.04. The van der Waals surface area contributed by atoms with Crippen LogP contribution in [0, 0.1) is 31.2 Å². The van der Waals surface area contributed by atoms with Gasteiger partial charge < -0.3 is 14.7 Å². The summed E-state index contributed by atoms with van der Waals surface area (Å²) in [4.78, 5) is 8.95. The van der Waals surface area contributed by atoms with Crippen LogP contribution in [0.1, 0.15) is 64.7 Å². The second kappa shape index (κ2) is 15.1. The van der Waals surface area contributed by atoms with Crippen LogP contribution in [0.15, 0.2) is 40.2 Å². The van der Waals surface area contributed by atoms with Crippen LogP contribution in [0.3, 0.4) is 0 Å². The Bertz CT molecular complexity index is 1120. The number of hydrogen-bond acceptors (Lipinski definition) is 4. The van der Waals surface area contributed by atoms with E-state index in [1.165, 1.54) is 31.8 Å². The van der Waals surface area contributed by atoms with E-state index in [0.29, 0.717) is 12.5 Å². The molecule has 2 aromatic carbocycles. The summed E-state index contributed by atoms with van der Waals surface area (Å²) in [6.07, 6.45) is 7.60. The van der Waals surface area contributed by atoms with Gasteiger partial charge in [0.25, 0.3) is 0 Å². The van der Waals surface area contributed by atoms with E-state index in [2.05, 4.69) is 83.0 Å². The molecule has 5 heteroatoms. The number of nitrogens with zero attached hydrogens (tertiary/aromatic N) is 2. The van der Waals surface area contributed by atoms with Crippen molar-refractivity contribution in [3.05, 3.63) is 56.9 Å². The number of aliphatic hydroxyl groups is 1. The Morgan fingerprint density at radius 1 is 1.11 bits per heavy atom. The molecule has 0 aromatic heterocycles. The Kier molecular flexibility index (Phi) is 13.3. The maximum atomic E-state index is 7.88. The van der Waals surface area contributed by atoms with Crippen LogP contribution in [0.25, 0.3) is 0 Å². The normalized spacial score (nSPS) is 13.7. The Balaban J connectivity index is 0.000000926. The molecule has 1 aliphatic heterocycles. The second-order valence-corrected chi connectivity index (χ2v) is 11.1. The smallest absolute Gasteiger partial charge is 0.149 e. The van der Waals surface area contributed by atoms with Crippen molar-refractivity contribution in [1.29, 1.82) is 0 Å². The highest BCUT2D eigenvalue weighted by Gasteiger charge is 2.25. The molecule has 0 radical (unpaired) electrons. The number of benzene rings is 2. The maximum Gasteiger partial charge on any atom is 0.149 e. The van der Waals surface area contributed by atoms with Crippen molar-refractivity contribution < 1.29 is 9.84 Å². The van der Waals surface area contributed by atoms with Gasteiger partial charge in [0.1, 0.15) is 26.2 Å². The summed E-state index contributed by atoms with van der Waals surface area (Å²) in [5, 5.41) is 9.00. The van der Waals surface area contributed by atoms with Crippen molar-refractivity contribution in [2.45, 2.75) is 73.6 Å². The molecule has 2 aromatic rings. The number of fused-ring (bicyclic) bond motifs is 2. The molecule has 1 unspecified atom stereocenters. The standard InChI is InChI=1S/C25H34N2OS.C3H8O.C2H6/c1-9-10-13-27(15-16(2)3)20-11-12-21-22(14-20)29(8)25-19(6)24(28-7)18(5)17(4)23(25)26-21;1-2-3-4;1-2/h9-12,14,16H,13,15H2,1-8H3;4H,2-3H2,1H3;1-2H3/p+1/b10-9-;;. The van der Waals surface area contributed by atoms with Gasteiger partial charge in [-0.3, -0.25) is 0 Å². The van der Waals surface area contributed by atoms with E-state index in [1.54, 1.807) is 7.11 Å². The lowest BCUT2D eigenvalue weighted by molar-refractivity contribution is 0.295. The first-order valence-electron chi connectivity index (χ1n) is 13.0. The quantitative estimate of drug-likeness (QED) is 0.200. The molecule has 0 bridgehead atoms. The van der Waals surface area contributed by atoms with Gasteiger partial charge in [-0.25, -0.2) is 4.99 Å². The molecule has 4 nitrogen and oxygen atoms in total. The predicted molar refractivity (Wildman–Crippen MR) is 157 cm³/mol. The first kappa shape index (κ1) is 30.9. The molecular formula is C30H49N2O2S+. The van der Waals surface area contributed by atoms with Crippen LogP contribution in [0.5, 0.6) is 5.75 Å². The Hall–Kier alpha value is -2.11. The fourth-order valence-corrected chi connectivity index (χ4v) is 6.39. The molecule has 1 N–H and O–H groups in total. The highest BCUT2D eigenvalue weighted by Crippen LogP contribution is 2.40. The van der Waals surface area contributed by atoms with Crippen LogP contribution in [-0.4, -0.2) is 38.2 Å². The topological polar surface area (TPSA) is 45.1 Å². The van der Waals surface area contributed by atoms with E-state index < -0.39 is 10.5 Å². The van der Waals surface area contributed by atoms with E-state index in [4.69, 9.17) is 14.8 Å². The van der Waals surface area contributed by atoms with Crippen LogP contribution in [0.4, 0.5) is 11.4 Å². The molecule has 0 amide bonds. The van der Waals surface area contributed by atoms with Gasteiger partial charge in [-0.1, -0.05) is 57.3 Å². The molecule has 1 aliphatic rings. The first-order valence-corrected chi connectivity index (χ1v) is 14.7. The fraction of sp³-hybridized carbons (Fsp3) is 0.533. The minimum atomic E-state index is -0.487. The lowest BCUT2D eigenvalue weighted by Crippen LogP contribution is -2.28. The summed E-state index contributed by atoms with van der Waals surface area (Å²) >= 11 is 0. The van der Waals surface area contributed by atoms with Crippen molar-refractivity contribution in [2.75, 3.05) is 38.0 Å². The molecule has 0 spiro atoms. The number of anilines is 1. The van der Waals surface area contributed by atoms with E-state index in [1.807, 2.05) is 20.8 Å². The Morgan fingerprint density at radius 2 is 1.74 bits per heavy atom. The Morgan fingerprint density at radius 3 is 2.26 bits per heavy atom. The largest absolute Gasteiger partial charge is 0.496 e. The van der Waals surface area contributed by atoms with Gasteiger partial charge >= 0.3 is 0 Å². The number of hydrogen-bond donors (Lipinski definition) is 1. The van der Waals surface area contributed by atoms with Gasteiger partial charge in [-0.2, -0.15) is 0 Å². The molecule has 196 valence electrons. The average molecular weight is 502 g/mol. The number of methoxy groups -OCH3 is 1. The van der Waals surface area contributed by atoms with Gasteiger partial charge in [-0.15, -0.1) is 0 Å². The Labute approximate surface area is 216 Å². The van der Waals surface area contributed by atoms with Crippen LogP contribution < -0.4 is 15.0 Å². The molecule has 1 atom stereocenters. The molecular weight excluding hydrogens is 452 g/mol. The third-order valence-corrected chi connectivity index (χ3v) is 8.31. The SMILES string of the molecule is C/C=C\CN(CC(C)C)c1ccc2c(c1)=[SH+](C)c1c(C)c(OC)c(C)c(C)c1N=2.CC.CCCO. The number of ether oxygens (including phenoxy) is 1. The highest BCUT2D eigenvalue weighted by atomic mass is 32.2. The minimum Gasteiger partial charge on any atom is -0.496 e.